The molecule has 4 nitrogen and oxygen atoms in total. The summed E-state index contributed by atoms with van der Waals surface area (Å²) >= 11 is 1.28. The molecule has 0 atom stereocenters. The van der Waals surface area contributed by atoms with Crippen LogP contribution in [-0.2, 0) is 11.3 Å². The molecular formula is C13H19NO3S. The van der Waals surface area contributed by atoms with Crippen LogP contribution >= 0.6 is 11.3 Å². The molecule has 2 rings (SSSR count). The van der Waals surface area contributed by atoms with E-state index in [1.807, 2.05) is 18.5 Å². The van der Waals surface area contributed by atoms with Gasteiger partial charge in [-0.05, 0) is 42.8 Å². The van der Waals surface area contributed by atoms with Crippen LogP contribution in [0.1, 0.15) is 28.1 Å². The van der Waals surface area contributed by atoms with E-state index in [4.69, 9.17) is 9.84 Å². The molecule has 0 saturated heterocycles. The molecule has 1 aliphatic carbocycles. The predicted octanol–water partition coefficient (Wildman–Crippen LogP) is 2.30. The SMILES string of the molecule is CN(CCOCC1CC1)Cc1ccsc1C(=O)O. The topological polar surface area (TPSA) is 49.8 Å². The van der Waals surface area contributed by atoms with Crippen molar-refractivity contribution in [1.82, 2.24) is 4.90 Å². The summed E-state index contributed by atoms with van der Waals surface area (Å²) in [5.41, 5.74) is 0.886. The van der Waals surface area contributed by atoms with Crippen LogP contribution in [0.4, 0.5) is 0 Å². The van der Waals surface area contributed by atoms with Crippen molar-refractivity contribution in [2.45, 2.75) is 19.4 Å². The lowest BCUT2D eigenvalue weighted by molar-refractivity contribution is 0.0699. The molecule has 1 aromatic heterocycles. The quantitative estimate of drug-likeness (QED) is 0.736. The van der Waals surface area contributed by atoms with Gasteiger partial charge < -0.3 is 9.84 Å². The van der Waals surface area contributed by atoms with Crippen molar-refractivity contribution in [2.24, 2.45) is 5.92 Å². The minimum absolute atomic E-state index is 0.445. The molecule has 0 unspecified atom stereocenters. The fourth-order valence-electron chi connectivity index (χ4n) is 1.77. The van der Waals surface area contributed by atoms with Crippen molar-refractivity contribution >= 4 is 17.3 Å². The fraction of sp³-hybridized carbons (Fsp3) is 0.615. The van der Waals surface area contributed by atoms with Gasteiger partial charge in [-0.3, -0.25) is 4.90 Å². The number of aromatic carboxylic acids is 1. The Labute approximate surface area is 111 Å². The molecule has 1 aromatic rings. The summed E-state index contributed by atoms with van der Waals surface area (Å²) in [6.45, 7) is 3.10. The van der Waals surface area contributed by atoms with Gasteiger partial charge in [-0.15, -0.1) is 11.3 Å². The summed E-state index contributed by atoms with van der Waals surface area (Å²) in [6.07, 6.45) is 2.62. The van der Waals surface area contributed by atoms with Crippen LogP contribution in [0.25, 0.3) is 0 Å². The zero-order valence-corrected chi connectivity index (χ0v) is 11.4. The Balaban J connectivity index is 1.70. The fourth-order valence-corrected chi connectivity index (χ4v) is 2.53. The first kappa shape index (κ1) is 13.5. The van der Waals surface area contributed by atoms with Gasteiger partial charge in [0.25, 0.3) is 0 Å². The van der Waals surface area contributed by atoms with Crippen LogP contribution in [0.2, 0.25) is 0 Å². The van der Waals surface area contributed by atoms with Crippen molar-refractivity contribution in [3.63, 3.8) is 0 Å². The van der Waals surface area contributed by atoms with E-state index in [0.29, 0.717) is 11.4 Å². The first-order chi connectivity index (χ1) is 8.66. The smallest absolute Gasteiger partial charge is 0.346 e. The Bertz CT molecular complexity index is 401. The Morgan fingerprint density at radius 2 is 2.39 bits per heavy atom. The maximum atomic E-state index is 11.0. The lowest BCUT2D eigenvalue weighted by atomic mass is 10.2. The molecular weight excluding hydrogens is 250 g/mol. The molecule has 0 amide bonds. The zero-order chi connectivity index (χ0) is 13.0. The van der Waals surface area contributed by atoms with Gasteiger partial charge in [-0.1, -0.05) is 0 Å². The second kappa shape index (κ2) is 6.31. The largest absolute Gasteiger partial charge is 0.477 e. The summed E-state index contributed by atoms with van der Waals surface area (Å²) in [5.74, 6) is -0.0378. The van der Waals surface area contributed by atoms with Crippen molar-refractivity contribution in [3.05, 3.63) is 21.9 Å². The highest BCUT2D eigenvalue weighted by atomic mass is 32.1. The van der Waals surface area contributed by atoms with E-state index in [1.54, 1.807) is 0 Å². The molecule has 18 heavy (non-hydrogen) atoms. The molecule has 1 N–H and O–H groups in total. The van der Waals surface area contributed by atoms with Gasteiger partial charge in [0.05, 0.1) is 6.61 Å². The number of nitrogens with zero attached hydrogens (tertiary/aromatic N) is 1. The number of likely N-dealkylation sites (N-methyl/N-ethyl adjacent to an activating group) is 1. The summed E-state index contributed by atoms with van der Waals surface area (Å²) in [7, 11) is 1.99. The van der Waals surface area contributed by atoms with E-state index in [2.05, 4.69) is 4.90 Å². The van der Waals surface area contributed by atoms with E-state index < -0.39 is 5.97 Å². The van der Waals surface area contributed by atoms with Crippen LogP contribution in [0.3, 0.4) is 0 Å². The molecule has 0 aromatic carbocycles. The first-order valence-electron chi connectivity index (χ1n) is 6.22. The third kappa shape index (κ3) is 4.08. The maximum Gasteiger partial charge on any atom is 0.346 e. The molecule has 5 heteroatoms. The third-order valence-electron chi connectivity index (χ3n) is 3.05. The molecule has 1 saturated carbocycles. The molecule has 0 radical (unpaired) electrons. The van der Waals surface area contributed by atoms with Gasteiger partial charge in [0.2, 0.25) is 0 Å². The van der Waals surface area contributed by atoms with Crippen molar-refractivity contribution in [1.29, 1.82) is 0 Å². The molecule has 100 valence electrons. The van der Waals surface area contributed by atoms with Crippen molar-refractivity contribution in [2.75, 3.05) is 26.8 Å². The van der Waals surface area contributed by atoms with Crippen LogP contribution in [-0.4, -0.2) is 42.8 Å². The third-order valence-corrected chi connectivity index (χ3v) is 3.99. The summed E-state index contributed by atoms with van der Waals surface area (Å²) in [4.78, 5) is 13.5. The van der Waals surface area contributed by atoms with Crippen LogP contribution in [0.15, 0.2) is 11.4 Å². The van der Waals surface area contributed by atoms with Gasteiger partial charge in [-0.25, -0.2) is 4.79 Å². The Morgan fingerprint density at radius 3 is 3.06 bits per heavy atom. The molecule has 1 heterocycles. The van der Waals surface area contributed by atoms with E-state index in [0.717, 1.165) is 31.2 Å². The van der Waals surface area contributed by atoms with Crippen molar-refractivity contribution < 1.29 is 14.6 Å². The van der Waals surface area contributed by atoms with Crippen LogP contribution < -0.4 is 0 Å². The number of carboxylic acid groups (broad SMARTS) is 1. The molecule has 1 aliphatic rings. The van der Waals surface area contributed by atoms with E-state index >= 15 is 0 Å². The lowest BCUT2D eigenvalue weighted by Gasteiger charge is -2.16. The number of ether oxygens (including phenoxy) is 1. The normalized spacial score (nSPS) is 15.2. The van der Waals surface area contributed by atoms with Gasteiger partial charge in [0.1, 0.15) is 4.88 Å². The lowest BCUT2D eigenvalue weighted by Crippen LogP contribution is -2.23. The van der Waals surface area contributed by atoms with Gasteiger partial charge in [0.15, 0.2) is 0 Å². The predicted molar refractivity (Wildman–Crippen MR) is 71.2 cm³/mol. The molecule has 0 spiro atoms. The molecule has 0 bridgehead atoms. The summed E-state index contributed by atoms with van der Waals surface area (Å²) in [5, 5.41) is 10.8. The van der Waals surface area contributed by atoms with Crippen LogP contribution in [0.5, 0.6) is 0 Å². The number of thiophene rings is 1. The second-order valence-electron chi connectivity index (χ2n) is 4.84. The van der Waals surface area contributed by atoms with Gasteiger partial charge in [-0.2, -0.15) is 0 Å². The monoisotopic (exact) mass is 269 g/mol. The van der Waals surface area contributed by atoms with Gasteiger partial charge >= 0.3 is 5.97 Å². The Hall–Kier alpha value is -0.910. The summed E-state index contributed by atoms with van der Waals surface area (Å²) < 4.78 is 5.57. The minimum atomic E-state index is -0.835. The number of rotatable bonds is 8. The standard InChI is InChI=1S/C13H19NO3S/c1-14(5-6-17-9-10-2-3-10)8-11-4-7-18-12(11)13(15)16/h4,7,10H,2-3,5-6,8-9H2,1H3,(H,15,16). The average Bonchev–Trinajstić information content (AvgIpc) is 3.03. The molecule has 0 aliphatic heterocycles. The van der Waals surface area contributed by atoms with E-state index in [-0.39, 0.29) is 0 Å². The highest BCUT2D eigenvalue weighted by molar-refractivity contribution is 7.12. The maximum absolute atomic E-state index is 11.0. The first-order valence-corrected chi connectivity index (χ1v) is 7.10. The average molecular weight is 269 g/mol. The second-order valence-corrected chi connectivity index (χ2v) is 5.75. The summed E-state index contributed by atoms with van der Waals surface area (Å²) in [6, 6.07) is 1.88. The van der Waals surface area contributed by atoms with E-state index in [9.17, 15) is 4.79 Å². The van der Waals surface area contributed by atoms with E-state index in [1.165, 1.54) is 24.2 Å². The van der Waals surface area contributed by atoms with Crippen molar-refractivity contribution in [3.8, 4) is 0 Å². The molecule has 1 fully saturated rings. The van der Waals surface area contributed by atoms with Gasteiger partial charge in [0, 0.05) is 19.7 Å². The number of carbonyl (C=O) groups is 1. The Morgan fingerprint density at radius 1 is 1.61 bits per heavy atom. The van der Waals surface area contributed by atoms with Crippen LogP contribution in [0, 0.1) is 5.92 Å². The Kier molecular flexibility index (Phi) is 4.74. The number of hydrogen-bond donors (Lipinski definition) is 1. The number of carboxylic acids is 1. The number of hydrogen-bond acceptors (Lipinski definition) is 4. The zero-order valence-electron chi connectivity index (χ0n) is 10.6. The highest BCUT2D eigenvalue weighted by Gasteiger charge is 2.21. The highest BCUT2D eigenvalue weighted by Crippen LogP contribution is 2.28. The minimum Gasteiger partial charge on any atom is -0.477 e.